The Morgan fingerprint density at radius 3 is 2.30 bits per heavy atom. The maximum Gasteiger partial charge on any atom is 0.378 e. The van der Waals surface area contributed by atoms with Crippen LogP contribution in [0.3, 0.4) is 0 Å². The molecule has 0 saturated heterocycles. The average Bonchev–Trinajstić information content (AvgIpc) is 2.59. The van der Waals surface area contributed by atoms with Crippen LogP contribution in [-0.4, -0.2) is 36.2 Å². The Bertz CT molecular complexity index is 530. The minimum atomic E-state index is -4.94. The van der Waals surface area contributed by atoms with Gasteiger partial charge in [0.25, 0.3) is 10.1 Å². The molecule has 20 heavy (non-hydrogen) atoms. The van der Waals surface area contributed by atoms with E-state index in [2.05, 4.69) is 0 Å². The second-order valence-corrected chi connectivity index (χ2v) is 7.88. The summed E-state index contributed by atoms with van der Waals surface area (Å²) < 4.78 is 61.7. The first-order chi connectivity index (χ1) is 9.10. The summed E-state index contributed by atoms with van der Waals surface area (Å²) in [4.78, 5) is 11.6. The van der Waals surface area contributed by atoms with Gasteiger partial charge in [0.2, 0.25) is 0 Å². The summed E-state index contributed by atoms with van der Waals surface area (Å²) in [5.41, 5.74) is -0.826. The first kappa shape index (κ1) is 14.2. The van der Waals surface area contributed by atoms with E-state index in [4.69, 9.17) is 9.29 Å². The van der Waals surface area contributed by atoms with Crippen molar-refractivity contribution in [2.45, 2.75) is 43.6 Å². The van der Waals surface area contributed by atoms with Gasteiger partial charge in [-0.15, -0.1) is 0 Å². The van der Waals surface area contributed by atoms with Crippen LogP contribution < -0.4 is 0 Å². The third-order valence-corrected chi connectivity index (χ3v) is 5.60. The lowest BCUT2D eigenvalue weighted by atomic mass is 9.81. The maximum absolute atomic E-state index is 13.5. The highest BCUT2D eigenvalue weighted by molar-refractivity contribution is 7.85. The zero-order valence-corrected chi connectivity index (χ0v) is 11.5. The second-order valence-electron chi connectivity index (χ2n) is 6.43. The molecule has 2 unspecified atom stereocenters. The van der Waals surface area contributed by atoms with Gasteiger partial charge in [0, 0.05) is 0 Å². The molecule has 0 aliphatic heterocycles. The third kappa shape index (κ3) is 2.32. The lowest BCUT2D eigenvalue weighted by Crippen LogP contribution is -2.45. The van der Waals surface area contributed by atoms with Crippen LogP contribution in [0.2, 0.25) is 0 Å². The van der Waals surface area contributed by atoms with E-state index in [1.165, 1.54) is 0 Å². The maximum atomic E-state index is 13.5. The Labute approximate surface area is 115 Å². The molecule has 0 radical (unpaired) electrons. The van der Waals surface area contributed by atoms with Gasteiger partial charge in [0.15, 0.2) is 5.75 Å². The minimum absolute atomic E-state index is 0.122. The molecule has 4 rings (SSSR count). The predicted octanol–water partition coefficient (Wildman–Crippen LogP) is 1.63. The molecule has 0 spiro atoms. The van der Waals surface area contributed by atoms with Crippen LogP contribution in [0, 0.1) is 17.8 Å². The molecule has 4 fully saturated rings. The van der Waals surface area contributed by atoms with E-state index in [1.807, 2.05) is 0 Å². The van der Waals surface area contributed by atoms with Crippen LogP contribution >= 0.6 is 0 Å². The van der Waals surface area contributed by atoms with Crippen molar-refractivity contribution in [3.05, 3.63) is 0 Å². The van der Waals surface area contributed by atoms with Crippen molar-refractivity contribution in [1.82, 2.24) is 0 Å². The van der Waals surface area contributed by atoms with E-state index >= 15 is 0 Å². The number of esters is 1. The average molecular weight is 310 g/mol. The summed E-state index contributed by atoms with van der Waals surface area (Å²) in [6.45, 7) is 0. The molecule has 0 amide bonds. The third-order valence-electron chi connectivity index (χ3n) is 4.87. The second kappa shape index (κ2) is 4.13. The largest absolute Gasteiger partial charge is 0.454 e. The van der Waals surface area contributed by atoms with Gasteiger partial charge < -0.3 is 4.74 Å². The van der Waals surface area contributed by atoms with Gasteiger partial charge in [-0.05, 0) is 49.9 Å². The molecule has 4 aliphatic rings. The molecule has 0 aromatic rings. The van der Waals surface area contributed by atoms with Crippen LogP contribution in [0.1, 0.15) is 32.1 Å². The van der Waals surface area contributed by atoms with E-state index in [1.54, 1.807) is 0 Å². The van der Waals surface area contributed by atoms with Gasteiger partial charge in [-0.1, -0.05) is 0 Å². The summed E-state index contributed by atoms with van der Waals surface area (Å²) in [6, 6.07) is 0. The Hall–Kier alpha value is -0.760. The standard InChI is InChI=1S/C12H16F2O5S/c13-12(14,6-20(16,17)18)10(15)19-11-4-7-1-8(5-11)3-9(11)2-7/h7-9H,1-6H2,(H,16,17,18). The van der Waals surface area contributed by atoms with E-state index in [0.29, 0.717) is 24.7 Å². The monoisotopic (exact) mass is 310 g/mol. The Kier molecular flexibility index (Phi) is 2.93. The molecule has 114 valence electrons. The van der Waals surface area contributed by atoms with Crippen LogP contribution in [-0.2, 0) is 19.6 Å². The number of hydrogen-bond donors (Lipinski definition) is 1. The van der Waals surface area contributed by atoms with E-state index in [0.717, 1.165) is 19.3 Å². The molecule has 4 aliphatic carbocycles. The van der Waals surface area contributed by atoms with Crippen LogP contribution in [0.15, 0.2) is 0 Å². The lowest BCUT2D eigenvalue weighted by Gasteiger charge is -2.33. The van der Waals surface area contributed by atoms with Gasteiger partial charge in [0.05, 0.1) is 0 Å². The van der Waals surface area contributed by atoms with Crippen molar-refractivity contribution in [2.24, 2.45) is 17.8 Å². The summed E-state index contributed by atoms with van der Waals surface area (Å²) in [5.74, 6) is -6.99. The fourth-order valence-electron chi connectivity index (χ4n) is 4.44. The number of hydrogen-bond acceptors (Lipinski definition) is 4. The SMILES string of the molecule is O=C(OC12CC3CC(CC1C3)C2)C(F)(F)CS(=O)(=O)O. The van der Waals surface area contributed by atoms with Gasteiger partial charge >= 0.3 is 11.9 Å². The van der Waals surface area contributed by atoms with E-state index in [-0.39, 0.29) is 5.92 Å². The normalized spacial score (nSPS) is 39.2. The number of rotatable bonds is 4. The summed E-state index contributed by atoms with van der Waals surface area (Å²) >= 11 is 0. The number of carbonyl (C=O) groups excluding carboxylic acids is 1. The minimum Gasteiger partial charge on any atom is -0.454 e. The highest BCUT2D eigenvalue weighted by Crippen LogP contribution is 2.62. The van der Waals surface area contributed by atoms with Crippen molar-refractivity contribution in [3.8, 4) is 0 Å². The van der Waals surface area contributed by atoms with Gasteiger partial charge in [-0.2, -0.15) is 17.2 Å². The smallest absolute Gasteiger partial charge is 0.378 e. The van der Waals surface area contributed by atoms with E-state index in [9.17, 15) is 22.0 Å². The van der Waals surface area contributed by atoms with Crippen LogP contribution in [0.4, 0.5) is 8.78 Å². The topological polar surface area (TPSA) is 80.7 Å². The highest BCUT2D eigenvalue weighted by atomic mass is 32.2. The molecule has 4 bridgehead atoms. The molecule has 8 heteroatoms. The molecule has 0 heterocycles. The first-order valence-corrected chi connectivity index (χ1v) is 8.27. The van der Waals surface area contributed by atoms with Crippen molar-refractivity contribution >= 4 is 16.1 Å². The summed E-state index contributed by atoms with van der Waals surface area (Å²) in [5, 5.41) is 0. The first-order valence-electron chi connectivity index (χ1n) is 6.66. The molecule has 4 saturated carbocycles. The molecule has 5 nitrogen and oxygen atoms in total. The molecule has 2 atom stereocenters. The van der Waals surface area contributed by atoms with E-state index < -0.39 is 33.4 Å². The van der Waals surface area contributed by atoms with Crippen molar-refractivity contribution in [1.29, 1.82) is 0 Å². The van der Waals surface area contributed by atoms with Gasteiger partial charge in [0.1, 0.15) is 5.60 Å². The zero-order valence-electron chi connectivity index (χ0n) is 10.7. The summed E-state index contributed by atoms with van der Waals surface area (Å²) in [6.07, 6.45) is 4.06. The molecular weight excluding hydrogens is 294 g/mol. The quantitative estimate of drug-likeness (QED) is 0.630. The number of ether oxygens (including phenoxy) is 1. The lowest BCUT2D eigenvalue weighted by molar-refractivity contribution is -0.188. The molecule has 1 N–H and O–H groups in total. The summed E-state index contributed by atoms with van der Waals surface area (Å²) in [7, 11) is -4.94. The molecular formula is C12H16F2O5S. The zero-order chi connectivity index (χ0) is 14.8. The highest BCUT2D eigenvalue weighted by Gasteiger charge is 2.62. The van der Waals surface area contributed by atoms with Crippen LogP contribution in [0.5, 0.6) is 0 Å². The number of carbonyl (C=O) groups is 1. The van der Waals surface area contributed by atoms with Gasteiger partial charge in [-0.3, -0.25) is 4.55 Å². The fourth-order valence-corrected chi connectivity index (χ4v) is 5.01. The van der Waals surface area contributed by atoms with Crippen molar-refractivity contribution < 1.29 is 31.3 Å². The Morgan fingerprint density at radius 2 is 1.80 bits per heavy atom. The van der Waals surface area contributed by atoms with Gasteiger partial charge in [-0.25, -0.2) is 4.79 Å². The molecule has 0 aromatic heterocycles. The number of halogens is 2. The fraction of sp³-hybridized carbons (Fsp3) is 0.917. The molecule has 0 aromatic carbocycles. The van der Waals surface area contributed by atoms with Crippen molar-refractivity contribution in [3.63, 3.8) is 0 Å². The van der Waals surface area contributed by atoms with Crippen molar-refractivity contribution in [2.75, 3.05) is 5.75 Å². The Balaban J connectivity index is 1.74. The van der Waals surface area contributed by atoms with Crippen LogP contribution in [0.25, 0.3) is 0 Å². The number of alkyl halides is 2. The predicted molar refractivity (Wildman–Crippen MR) is 63.7 cm³/mol. The Morgan fingerprint density at radius 1 is 1.25 bits per heavy atom.